The Balaban J connectivity index is 1.83. The van der Waals surface area contributed by atoms with Crippen LogP contribution in [0.5, 0.6) is 0 Å². The maximum Gasteiger partial charge on any atom is 0.326 e. The van der Waals surface area contributed by atoms with Gasteiger partial charge in [0.05, 0.1) is 6.04 Å². The van der Waals surface area contributed by atoms with Crippen molar-refractivity contribution in [2.24, 2.45) is 11.8 Å². The Morgan fingerprint density at radius 1 is 0.974 bits per heavy atom. The summed E-state index contributed by atoms with van der Waals surface area (Å²) in [4.78, 5) is 54.9. The van der Waals surface area contributed by atoms with Crippen LogP contribution in [0.15, 0.2) is 30.5 Å². The second kappa shape index (κ2) is 13.4. The Hall–Kier alpha value is -3.40. The topological polar surface area (TPSA) is 152 Å². The van der Waals surface area contributed by atoms with Crippen LogP contribution in [0.3, 0.4) is 0 Å². The van der Waals surface area contributed by atoms with Gasteiger partial charge in [-0.2, -0.15) is 0 Å². The van der Waals surface area contributed by atoms with Crippen molar-refractivity contribution in [1.82, 2.24) is 26.3 Å². The number of nitrogens with one attached hydrogen (secondary N) is 5. The summed E-state index contributed by atoms with van der Waals surface area (Å²) >= 11 is 0. The van der Waals surface area contributed by atoms with Crippen LogP contribution in [0.25, 0.3) is 10.9 Å². The van der Waals surface area contributed by atoms with Crippen molar-refractivity contribution >= 4 is 34.6 Å². The van der Waals surface area contributed by atoms with Gasteiger partial charge in [0.25, 0.3) is 0 Å². The number of H-pyrrole nitrogens is 1. The highest BCUT2D eigenvalue weighted by Gasteiger charge is 2.34. The summed E-state index contributed by atoms with van der Waals surface area (Å²) in [5.41, 5.74) is 1.79. The zero-order valence-corrected chi connectivity index (χ0v) is 22.7. The van der Waals surface area contributed by atoms with Gasteiger partial charge >= 0.3 is 5.97 Å². The zero-order valence-electron chi connectivity index (χ0n) is 22.7. The Bertz CT molecular complexity index is 1130. The van der Waals surface area contributed by atoms with E-state index in [2.05, 4.69) is 26.3 Å². The normalized spacial score (nSPS) is 19.2. The number of carbonyl (C=O) groups is 4. The van der Waals surface area contributed by atoms with Crippen LogP contribution >= 0.6 is 0 Å². The third kappa shape index (κ3) is 7.12. The maximum atomic E-state index is 13.6. The lowest BCUT2D eigenvalue weighted by molar-refractivity contribution is -0.144. The number of aromatic amines is 1. The van der Waals surface area contributed by atoms with Crippen LogP contribution in [0.2, 0.25) is 0 Å². The number of carbonyl (C=O) groups excluding carboxylic acids is 3. The molecule has 6 atom stereocenters. The number of para-hydroxylation sites is 1. The SMILES string of the molecule is CCC(C)C(NC(=O)C(NC(=O)C(Cc1c[nH]c2ccccc12)NC(=O)C1CCCN1)C(C)CC)C(=O)O. The third-order valence-corrected chi connectivity index (χ3v) is 7.68. The van der Waals surface area contributed by atoms with Crippen LogP contribution < -0.4 is 21.3 Å². The van der Waals surface area contributed by atoms with Gasteiger partial charge in [0.2, 0.25) is 17.7 Å². The monoisotopic (exact) mass is 527 g/mol. The Morgan fingerprint density at radius 2 is 1.63 bits per heavy atom. The number of aliphatic carboxylic acids is 1. The van der Waals surface area contributed by atoms with Crippen LogP contribution in [-0.2, 0) is 25.6 Å². The Morgan fingerprint density at radius 3 is 2.26 bits per heavy atom. The van der Waals surface area contributed by atoms with Gasteiger partial charge in [-0.25, -0.2) is 4.79 Å². The van der Waals surface area contributed by atoms with Crippen LogP contribution in [-0.4, -0.2) is 64.5 Å². The average molecular weight is 528 g/mol. The van der Waals surface area contributed by atoms with E-state index in [0.717, 1.165) is 29.4 Å². The van der Waals surface area contributed by atoms with Crippen molar-refractivity contribution in [2.45, 2.75) is 84.0 Å². The van der Waals surface area contributed by atoms with Gasteiger partial charge in [-0.1, -0.05) is 58.7 Å². The molecular formula is C28H41N5O5. The van der Waals surface area contributed by atoms with Gasteiger partial charge in [0, 0.05) is 23.5 Å². The molecule has 3 amide bonds. The molecule has 0 saturated carbocycles. The smallest absolute Gasteiger partial charge is 0.326 e. The maximum absolute atomic E-state index is 13.6. The summed E-state index contributed by atoms with van der Waals surface area (Å²) in [6, 6.07) is 4.41. The molecule has 2 heterocycles. The molecule has 1 saturated heterocycles. The predicted molar refractivity (Wildman–Crippen MR) is 145 cm³/mol. The zero-order chi connectivity index (χ0) is 27.8. The molecule has 1 fully saturated rings. The summed E-state index contributed by atoms with van der Waals surface area (Å²) in [5.74, 6) is -2.94. The lowest BCUT2D eigenvalue weighted by atomic mass is 9.94. The standard InChI is InChI=1S/C28H41N5O5/c1-5-16(3)23(27(36)33-24(28(37)38)17(4)6-2)32-26(35)22(31-25(34)21-12-9-13-29-21)14-18-15-30-20-11-8-7-10-19(18)20/h7-8,10-11,15-17,21-24,29-30H,5-6,9,12-14H2,1-4H3,(H,31,34)(H,32,35)(H,33,36)(H,37,38). The van der Waals surface area contributed by atoms with E-state index in [-0.39, 0.29) is 30.2 Å². The van der Waals surface area contributed by atoms with Crippen molar-refractivity contribution in [3.63, 3.8) is 0 Å². The van der Waals surface area contributed by atoms with E-state index in [1.54, 1.807) is 6.92 Å². The number of fused-ring (bicyclic) bond motifs is 1. The summed E-state index contributed by atoms with van der Waals surface area (Å²) < 4.78 is 0. The molecule has 0 aliphatic carbocycles. The van der Waals surface area contributed by atoms with Gasteiger partial charge in [-0.3, -0.25) is 14.4 Å². The number of hydrogen-bond acceptors (Lipinski definition) is 5. The fourth-order valence-electron chi connectivity index (χ4n) is 4.79. The van der Waals surface area contributed by atoms with E-state index in [1.807, 2.05) is 51.2 Å². The number of benzene rings is 1. The van der Waals surface area contributed by atoms with Gasteiger partial charge in [-0.15, -0.1) is 0 Å². The molecule has 6 unspecified atom stereocenters. The van der Waals surface area contributed by atoms with Crippen molar-refractivity contribution in [2.75, 3.05) is 6.54 Å². The van der Waals surface area contributed by atoms with Crippen molar-refractivity contribution in [3.05, 3.63) is 36.0 Å². The first-order chi connectivity index (χ1) is 18.2. The molecule has 0 radical (unpaired) electrons. The predicted octanol–water partition coefficient (Wildman–Crippen LogP) is 2.09. The molecule has 3 rings (SSSR count). The number of hydrogen-bond donors (Lipinski definition) is 6. The quantitative estimate of drug-likeness (QED) is 0.235. The molecule has 0 bridgehead atoms. The van der Waals surface area contributed by atoms with Crippen LogP contribution in [0.4, 0.5) is 0 Å². The molecule has 208 valence electrons. The van der Waals surface area contributed by atoms with Crippen LogP contribution in [0, 0.1) is 11.8 Å². The molecule has 10 nitrogen and oxygen atoms in total. The highest BCUT2D eigenvalue weighted by atomic mass is 16.4. The largest absolute Gasteiger partial charge is 0.480 e. The second-order valence-electron chi connectivity index (χ2n) is 10.4. The molecule has 1 aromatic carbocycles. The number of carboxylic acid groups (broad SMARTS) is 1. The minimum absolute atomic E-state index is 0.230. The summed E-state index contributed by atoms with van der Waals surface area (Å²) in [7, 11) is 0. The molecule has 38 heavy (non-hydrogen) atoms. The van der Waals surface area contributed by atoms with E-state index in [0.29, 0.717) is 19.3 Å². The first-order valence-electron chi connectivity index (χ1n) is 13.6. The van der Waals surface area contributed by atoms with Crippen molar-refractivity contribution < 1.29 is 24.3 Å². The van der Waals surface area contributed by atoms with Crippen molar-refractivity contribution in [3.8, 4) is 0 Å². The lowest BCUT2D eigenvalue weighted by Crippen LogP contribution is -2.59. The lowest BCUT2D eigenvalue weighted by Gasteiger charge is -2.29. The van der Waals surface area contributed by atoms with Gasteiger partial charge in [-0.05, 0) is 42.9 Å². The minimum Gasteiger partial charge on any atom is -0.480 e. The van der Waals surface area contributed by atoms with Gasteiger partial charge in [0.1, 0.15) is 18.1 Å². The van der Waals surface area contributed by atoms with Crippen LogP contribution in [0.1, 0.15) is 58.9 Å². The Labute approximate surface area is 223 Å². The first-order valence-corrected chi connectivity index (χ1v) is 13.6. The number of rotatable bonds is 13. The van der Waals surface area contributed by atoms with E-state index in [9.17, 15) is 24.3 Å². The molecule has 1 aliphatic rings. The molecular weight excluding hydrogens is 486 g/mol. The molecule has 6 N–H and O–H groups in total. The highest BCUT2D eigenvalue weighted by molar-refractivity contribution is 5.95. The average Bonchev–Trinajstić information content (AvgIpc) is 3.59. The van der Waals surface area contributed by atoms with E-state index < -0.39 is 35.9 Å². The summed E-state index contributed by atoms with van der Waals surface area (Å²) in [6.07, 6.45) is 4.80. The molecule has 0 spiro atoms. The van der Waals surface area contributed by atoms with Gasteiger partial charge < -0.3 is 31.4 Å². The summed E-state index contributed by atoms with van der Waals surface area (Å²) in [6.45, 7) is 8.10. The Kier molecular flexibility index (Phi) is 10.3. The fourth-order valence-corrected chi connectivity index (χ4v) is 4.79. The summed E-state index contributed by atoms with van der Waals surface area (Å²) in [5, 5.41) is 22.1. The van der Waals surface area contributed by atoms with Crippen molar-refractivity contribution in [1.29, 1.82) is 0 Å². The molecule has 1 aromatic heterocycles. The van der Waals surface area contributed by atoms with E-state index in [1.165, 1.54) is 0 Å². The fraction of sp³-hybridized carbons (Fsp3) is 0.571. The van der Waals surface area contributed by atoms with E-state index in [4.69, 9.17) is 0 Å². The van der Waals surface area contributed by atoms with Gasteiger partial charge in [0.15, 0.2) is 0 Å². The number of carboxylic acids is 1. The van der Waals surface area contributed by atoms with E-state index >= 15 is 0 Å². The second-order valence-corrected chi connectivity index (χ2v) is 10.4. The third-order valence-electron chi connectivity index (χ3n) is 7.68. The first kappa shape index (κ1) is 29.2. The minimum atomic E-state index is -1.12. The molecule has 1 aliphatic heterocycles. The molecule has 10 heteroatoms. The highest BCUT2D eigenvalue weighted by Crippen LogP contribution is 2.20. The number of amides is 3. The molecule has 2 aromatic rings. The number of aromatic nitrogens is 1.